The SMILES string of the molecule is CCNC(=NCCCCN1CCC(C(N)=O)CC1)N1CCOC(c2ccc(C)cc2C)C1. The zero-order chi connectivity index (χ0) is 22.9. The van der Waals surface area contributed by atoms with Crippen LogP contribution < -0.4 is 11.1 Å². The van der Waals surface area contributed by atoms with Crippen LogP contribution in [0.3, 0.4) is 0 Å². The molecular weight excluding hydrogens is 402 g/mol. The summed E-state index contributed by atoms with van der Waals surface area (Å²) in [5, 5.41) is 3.47. The molecule has 0 aromatic heterocycles. The van der Waals surface area contributed by atoms with Gasteiger partial charge in [-0.1, -0.05) is 23.8 Å². The van der Waals surface area contributed by atoms with E-state index in [4.69, 9.17) is 15.5 Å². The highest BCUT2D eigenvalue weighted by Gasteiger charge is 2.25. The number of aliphatic imine (C=N–C) groups is 1. The maximum Gasteiger partial charge on any atom is 0.220 e. The number of carbonyl (C=O) groups is 1. The minimum atomic E-state index is -0.141. The van der Waals surface area contributed by atoms with Gasteiger partial charge < -0.3 is 25.6 Å². The summed E-state index contributed by atoms with van der Waals surface area (Å²) >= 11 is 0. The van der Waals surface area contributed by atoms with Crippen molar-refractivity contribution in [3.05, 3.63) is 34.9 Å². The summed E-state index contributed by atoms with van der Waals surface area (Å²) < 4.78 is 6.12. The van der Waals surface area contributed by atoms with E-state index in [1.54, 1.807) is 0 Å². The molecule has 2 aliphatic rings. The Kier molecular flexibility index (Phi) is 9.36. The molecule has 1 amide bonds. The molecule has 1 aromatic rings. The summed E-state index contributed by atoms with van der Waals surface area (Å²) in [6.07, 6.45) is 4.07. The molecule has 32 heavy (non-hydrogen) atoms. The van der Waals surface area contributed by atoms with Crippen LogP contribution in [0.1, 0.15) is 55.4 Å². The molecule has 3 rings (SSSR count). The Balaban J connectivity index is 1.47. The number of guanidine groups is 1. The quantitative estimate of drug-likeness (QED) is 0.367. The van der Waals surface area contributed by atoms with E-state index < -0.39 is 0 Å². The number of unbranched alkanes of at least 4 members (excludes halogenated alkanes) is 1. The highest BCUT2D eigenvalue weighted by molar-refractivity contribution is 5.80. The van der Waals surface area contributed by atoms with Crippen molar-refractivity contribution >= 4 is 11.9 Å². The molecule has 7 heteroatoms. The van der Waals surface area contributed by atoms with Crippen LogP contribution in [-0.2, 0) is 9.53 Å². The molecule has 1 unspecified atom stereocenters. The second kappa shape index (κ2) is 12.2. The number of ether oxygens (including phenoxy) is 1. The fourth-order valence-electron chi connectivity index (χ4n) is 4.72. The Morgan fingerprint density at radius 1 is 1.22 bits per heavy atom. The molecule has 3 N–H and O–H groups in total. The van der Waals surface area contributed by atoms with Crippen molar-refractivity contribution in [3.63, 3.8) is 0 Å². The number of hydrogen-bond acceptors (Lipinski definition) is 4. The number of primary amides is 1. The molecule has 7 nitrogen and oxygen atoms in total. The molecule has 1 aromatic carbocycles. The van der Waals surface area contributed by atoms with Crippen molar-refractivity contribution in [1.29, 1.82) is 0 Å². The van der Waals surface area contributed by atoms with Crippen LogP contribution in [0.25, 0.3) is 0 Å². The van der Waals surface area contributed by atoms with E-state index in [-0.39, 0.29) is 17.9 Å². The van der Waals surface area contributed by atoms with Gasteiger partial charge in [0.2, 0.25) is 5.91 Å². The molecule has 0 aliphatic carbocycles. The number of nitrogens with two attached hydrogens (primary N) is 1. The summed E-state index contributed by atoms with van der Waals surface area (Å²) in [5.74, 6) is 0.922. The Bertz CT molecular complexity index is 774. The summed E-state index contributed by atoms with van der Waals surface area (Å²) in [6, 6.07) is 6.60. The number of nitrogens with zero attached hydrogens (tertiary/aromatic N) is 3. The van der Waals surface area contributed by atoms with Crippen LogP contribution in [0.4, 0.5) is 0 Å². The fraction of sp³-hybridized carbons (Fsp3) is 0.680. The number of rotatable bonds is 8. The monoisotopic (exact) mass is 443 g/mol. The number of piperidine rings is 1. The lowest BCUT2D eigenvalue weighted by molar-refractivity contribution is -0.123. The molecule has 0 bridgehead atoms. The van der Waals surface area contributed by atoms with Crippen LogP contribution in [0.2, 0.25) is 0 Å². The highest BCUT2D eigenvalue weighted by Crippen LogP contribution is 2.26. The molecule has 2 heterocycles. The standard InChI is InChI=1S/C25H41N5O2/c1-4-27-25(28-11-5-6-12-29-13-9-21(10-14-29)24(26)31)30-15-16-32-23(18-30)22-8-7-19(2)17-20(22)3/h7-8,17,21,23H,4-6,9-16,18H2,1-3H3,(H2,26,31)(H,27,28). The zero-order valence-corrected chi connectivity index (χ0v) is 20.1. The van der Waals surface area contributed by atoms with Crippen molar-refractivity contribution in [3.8, 4) is 0 Å². The molecule has 1 atom stereocenters. The normalized spacial score (nSPS) is 21.0. The van der Waals surface area contributed by atoms with E-state index >= 15 is 0 Å². The smallest absolute Gasteiger partial charge is 0.220 e. The Hall–Kier alpha value is -2.12. The first-order chi connectivity index (χ1) is 15.5. The number of hydrogen-bond donors (Lipinski definition) is 2. The summed E-state index contributed by atoms with van der Waals surface area (Å²) in [7, 11) is 0. The lowest BCUT2D eigenvalue weighted by atomic mass is 9.96. The average Bonchev–Trinajstić information content (AvgIpc) is 2.78. The molecule has 2 fully saturated rings. The lowest BCUT2D eigenvalue weighted by Crippen LogP contribution is -2.48. The summed E-state index contributed by atoms with van der Waals surface area (Å²) in [5.41, 5.74) is 9.28. The Morgan fingerprint density at radius 3 is 2.69 bits per heavy atom. The average molecular weight is 444 g/mol. The number of nitrogens with one attached hydrogen (secondary N) is 1. The molecule has 2 saturated heterocycles. The number of aryl methyl sites for hydroxylation is 2. The van der Waals surface area contributed by atoms with Gasteiger partial charge in [0, 0.05) is 25.6 Å². The van der Waals surface area contributed by atoms with E-state index in [1.807, 2.05) is 0 Å². The lowest BCUT2D eigenvalue weighted by Gasteiger charge is -2.36. The van der Waals surface area contributed by atoms with Crippen molar-refractivity contribution < 1.29 is 9.53 Å². The van der Waals surface area contributed by atoms with Crippen molar-refractivity contribution in [2.24, 2.45) is 16.6 Å². The van der Waals surface area contributed by atoms with Gasteiger partial charge in [0.15, 0.2) is 5.96 Å². The van der Waals surface area contributed by atoms with Gasteiger partial charge in [-0.05, 0) is 77.2 Å². The van der Waals surface area contributed by atoms with Crippen LogP contribution in [0, 0.1) is 19.8 Å². The third-order valence-electron chi connectivity index (χ3n) is 6.61. The van der Waals surface area contributed by atoms with E-state index in [1.165, 1.54) is 16.7 Å². The molecule has 0 radical (unpaired) electrons. The summed E-state index contributed by atoms with van der Waals surface area (Å²) in [4.78, 5) is 21.0. The number of morpholine rings is 1. The van der Waals surface area contributed by atoms with Crippen LogP contribution in [0.5, 0.6) is 0 Å². The maximum absolute atomic E-state index is 11.3. The maximum atomic E-state index is 11.3. The van der Waals surface area contributed by atoms with E-state index in [0.717, 1.165) is 77.5 Å². The minimum Gasteiger partial charge on any atom is -0.370 e. The van der Waals surface area contributed by atoms with Gasteiger partial charge in [-0.25, -0.2) is 0 Å². The predicted octanol–water partition coefficient (Wildman–Crippen LogP) is 2.62. The van der Waals surface area contributed by atoms with Gasteiger partial charge in [-0.2, -0.15) is 0 Å². The van der Waals surface area contributed by atoms with Crippen LogP contribution >= 0.6 is 0 Å². The number of carbonyl (C=O) groups excluding carboxylic acids is 1. The zero-order valence-electron chi connectivity index (χ0n) is 20.1. The number of likely N-dealkylation sites (tertiary alicyclic amines) is 1. The van der Waals surface area contributed by atoms with Gasteiger partial charge in [-0.15, -0.1) is 0 Å². The fourth-order valence-corrected chi connectivity index (χ4v) is 4.72. The van der Waals surface area contributed by atoms with Crippen molar-refractivity contribution in [2.45, 2.75) is 52.6 Å². The highest BCUT2D eigenvalue weighted by atomic mass is 16.5. The van der Waals surface area contributed by atoms with Gasteiger partial charge in [0.25, 0.3) is 0 Å². The van der Waals surface area contributed by atoms with E-state index in [0.29, 0.717) is 6.61 Å². The number of amides is 1. The Morgan fingerprint density at radius 2 is 2.00 bits per heavy atom. The van der Waals surface area contributed by atoms with Gasteiger partial charge in [0.05, 0.1) is 13.2 Å². The third kappa shape index (κ3) is 6.94. The second-order valence-electron chi connectivity index (χ2n) is 9.13. The van der Waals surface area contributed by atoms with Gasteiger partial charge in [-0.3, -0.25) is 9.79 Å². The largest absolute Gasteiger partial charge is 0.370 e. The molecular formula is C25H41N5O2. The van der Waals surface area contributed by atoms with E-state index in [2.05, 4.69) is 54.1 Å². The molecule has 178 valence electrons. The third-order valence-corrected chi connectivity index (χ3v) is 6.61. The van der Waals surface area contributed by atoms with Gasteiger partial charge in [0.1, 0.15) is 6.10 Å². The van der Waals surface area contributed by atoms with Gasteiger partial charge >= 0.3 is 0 Å². The van der Waals surface area contributed by atoms with Crippen LogP contribution in [0.15, 0.2) is 23.2 Å². The van der Waals surface area contributed by atoms with E-state index in [9.17, 15) is 4.79 Å². The van der Waals surface area contributed by atoms with Crippen molar-refractivity contribution in [1.82, 2.24) is 15.1 Å². The molecule has 0 spiro atoms. The van der Waals surface area contributed by atoms with Crippen molar-refractivity contribution in [2.75, 3.05) is 52.4 Å². The molecule has 2 aliphatic heterocycles. The Labute approximate surface area is 193 Å². The first kappa shape index (κ1) is 24.5. The first-order valence-electron chi connectivity index (χ1n) is 12.2. The topological polar surface area (TPSA) is 83.2 Å². The predicted molar refractivity (Wildman–Crippen MR) is 130 cm³/mol. The number of benzene rings is 1. The second-order valence-corrected chi connectivity index (χ2v) is 9.13. The molecule has 0 saturated carbocycles. The summed E-state index contributed by atoms with van der Waals surface area (Å²) in [6.45, 7) is 13.5. The minimum absolute atomic E-state index is 0.0690. The van der Waals surface area contributed by atoms with Crippen LogP contribution in [-0.4, -0.2) is 74.1 Å². The first-order valence-corrected chi connectivity index (χ1v) is 12.2.